The molecule has 9 heteroatoms. The SMILES string of the molecule is CC[C@@H](C(=O)NC(C)C)N(Cc1ccc(OC)cc1)C(=O)CSCc1ccc([N+](=O)[O-])cc1. The van der Waals surface area contributed by atoms with Crippen molar-refractivity contribution in [2.45, 2.75) is 51.6 Å². The minimum atomic E-state index is -0.582. The Kier molecular flexibility index (Phi) is 10.2. The predicted octanol–water partition coefficient (Wildman–Crippen LogP) is 4.17. The van der Waals surface area contributed by atoms with Gasteiger partial charge in [-0.05, 0) is 43.5 Å². The maximum Gasteiger partial charge on any atom is 0.269 e. The minimum Gasteiger partial charge on any atom is -0.497 e. The van der Waals surface area contributed by atoms with Crippen LogP contribution >= 0.6 is 11.8 Å². The molecule has 0 saturated heterocycles. The van der Waals surface area contributed by atoms with Crippen molar-refractivity contribution in [3.8, 4) is 5.75 Å². The van der Waals surface area contributed by atoms with Gasteiger partial charge in [-0.15, -0.1) is 11.8 Å². The average Bonchev–Trinajstić information content (AvgIpc) is 2.79. The van der Waals surface area contributed by atoms with Gasteiger partial charge in [-0.1, -0.05) is 31.2 Å². The fourth-order valence-electron chi connectivity index (χ4n) is 3.28. The Morgan fingerprint density at radius 2 is 1.70 bits per heavy atom. The van der Waals surface area contributed by atoms with Gasteiger partial charge in [0.15, 0.2) is 0 Å². The molecule has 0 heterocycles. The van der Waals surface area contributed by atoms with Crippen LogP contribution in [0.2, 0.25) is 0 Å². The molecule has 2 amide bonds. The number of hydrogen-bond acceptors (Lipinski definition) is 6. The number of amides is 2. The third-order valence-corrected chi connectivity index (χ3v) is 5.96. The number of nitro groups is 1. The fraction of sp³-hybridized carbons (Fsp3) is 0.417. The molecule has 0 unspecified atom stereocenters. The summed E-state index contributed by atoms with van der Waals surface area (Å²) in [6.07, 6.45) is 0.494. The van der Waals surface area contributed by atoms with E-state index < -0.39 is 11.0 Å². The molecule has 0 bridgehead atoms. The summed E-state index contributed by atoms with van der Waals surface area (Å²) in [5.41, 5.74) is 1.83. The molecular formula is C24H31N3O5S. The Labute approximate surface area is 198 Å². The van der Waals surface area contributed by atoms with E-state index in [0.717, 1.165) is 16.9 Å². The summed E-state index contributed by atoms with van der Waals surface area (Å²) < 4.78 is 5.20. The van der Waals surface area contributed by atoms with E-state index in [1.165, 1.54) is 23.9 Å². The highest BCUT2D eigenvalue weighted by Gasteiger charge is 2.28. The number of carbonyl (C=O) groups is 2. The first-order valence-corrected chi connectivity index (χ1v) is 11.9. The van der Waals surface area contributed by atoms with Crippen LogP contribution in [0.3, 0.4) is 0 Å². The number of benzene rings is 2. The molecule has 2 aromatic carbocycles. The fourth-order valence-corrected chi connectivity index (χ4v) is 4.15. The minimum absolute atomic E-state index is 0.0269. The number of non-ortho nitro benzene ring substituents is 1. The van der Waals surface area contributed by atoms with E-state index in [0.29, 0.717) is 18.7 Å². The number of nitro benzene ring substituents is 1. The van der Waals surface area contributed by atoms with Gasteiger partial charge >= 0.3 is 0 Å². The van der Waals surface area contributed by atoms with Crippen molar-refractivity contribution in [1.29, 1.82) is 0 Å². The van der Waals surface area contributed by atoms with E-state index in [4.69, 9.17) is 4.74 Å². The number of nitrogens with zero attached hydrogens (tertiary/aromatic N) is 2. The van der Waals surface area contributed by atoms with Gasteiger partial charge in [-0.25, -0.2) is 0 Å². The van der Waals surface area contributed by atoms with Gasteiger partial charge in [0.25, 0.3) is 5.69 Å². The Balaban J connectivity index is 2.11. The number of methoxy groups -OCH3 is 1. The summed E-state index contributed by atoms with van der Waals surface area (Å²) in [5, 5.41) is 13.7. The lowest BCUT2D eigenvalue weighted by molar-refractivity contribution is -0.384. The zero-order valence-electron chi connectivity index (χ0n) is 19.4. The highest BCUT2D eigenvalue weighted by molar-refractivity contribution is 7.99. The summed E-state index contributed by atoms with van der Waals surface area (Å²) in [6, 6.07) is 13.1. The number of ether oxygens (including phenoxy) is 1. The lowest BCUT2D eigenvalue weighted by Crippen LogP contribution is -2.50. The number of nitrogens with one attached hydrogen (secondary N) is 1. The van der Waals surface area contributed by atoms with Gasteiger partial charge in [-0.2, -0.15) is 0 Å². The maximum absolute atomic E-state index is 13.2. The van der Waals surface area contributed by atoms with Crippen LogP contribution in [0.5, 0.6) is 5.75 Å². The standard InChI is InChI=1S/C24H31N3O5S/c1-5-22(24(29)25-17(2)3)26(14-18-8-12-21(32-4)13-9-18)23(28)16-33-15-19-6-10-20(11-7-19)27(30)31/h6-13,17,22H,5,14-16H2,1-4H3,(H,25,29)/t22-/m0/s1. The van der Waals surface area contributed by atoms with Crippen molar-refractivity contribution >= 4 is 29.3 Å². The van der Waals surface area contributed by atoms with Crippen LogP contribution < -0.4 is 10.1 Å². The molecule has 0 aromatic heterocycles. The third-order valence-electron chi connectivity index (χ3n) is 4.97. The first kappa shape index (κ1) is 26.2. The molecule has 2 rings (SSSR count). The van der Waals surface area contributed by atoms with Crippen molar-refractivity contribution in [3.05, 3.63) is 69.8 Å². The molecule has 0 spiro atoms. The van der Waals surface area contributed by atoms with Crippen LogP contribution in [-0.4, -0.2) is 46.6 Å². The van der Waals surface area contributed by atoms with Crippen molar-refractivity contribution < 1.29 is 19.2 Å². The van der Waals surface area contributed by atoms with Crippen LogP contribution in [0.25, 0.3) is 0 Å². The summed E-state index contributed by atoms with van der Waals surface area (Å²) in [5.74, 6) is 1.14. The lowest BCUT2D eigenvalue weighted by Gasteiger charge is -2.31. The molecular weight excluding hydrogens is 442 g/mol. The molecule has 0 radical (unpaired) electrons. The second-order valence-electron chi connectivity index (χ2n) is 7.87. The summed E-state index contributed by atoms with van der Waals surface area (Å²) in [6.45, 7) is 5.98. The van der Waals surface area contributed by atoms with E-state index in [9.17, 15) is 19.7 Å². The lowest BCUT2D eigenvalue weighted by atomic mass is 10.1. The zero-order valence-corrected chi connectivity index (χ0v) is 20.3. The van der Waals surface area contributed by atoms with Gasteiger partial charge < -0.3 is 15.0 Å². The Morgan fingerprint density at radius 1 is 1.09 bits per heavy atom. The second kappa shape index (κ2) is 12.8. The Hall–Kier alpha value is -3.07. The van der Waals surface area contributed by atoms with Gasteiger partial charge in [0.05, 0.1) is 17.8 Å². The Bertz CT molecular complexity index is 932. The van der Waals surface area contributed by atoms with Gasteiger partial charge in [0.2, 0.25) is 11.8 Å². The molecule has 2 aromatic rings. The maximum atomic E-state index is 13.2. The first-order chi connectivity index (χ1) is 15.7. The molecule has 1 N–H and O–H groups in total. The number of thioether (sulfide) groups is 1. The molecule has 8 nitrogen and oxygen atoms in total. The van der Waals surface area contributed by atoms with Crippen molar-refractivity contribution in [2.24, 2.45) is 0 Å². The van der Waals surface area contributed by atoms with E-state index in [1.807, 2.05) is 45.0 Å². The quantitative estimate of drug-likeness (QED) is 0.367. The molecule has 0 saturated carbocycles. The summed E-state index contributed by atoms with van der Waals surface area (Å²) in [4.78, 5) is 38.0. The van der Waals surface area contributed by atoms with Crippen molar-refractivity contribution in [3.63, 3.8) is 0 Å². The third kappa shape index (κ3) is 8.09. The van der Waals surface area contributed by atoms with Crippen LogP contribution in [0.15, 0.2) is 48.5 Å². The van der Waals surface area contributed by atoms with E-state index in [1.54, 1.807) is 24.1 Å². The van der Waals surface area contributed by atoms with E-state index in [-0.39, 0.29) is 29.3 Å². The topological polar surface area (TPSA) is 102 Å². The molecule has 0 aliphatic rings. The van der Waals surface area contributed by atoms with Crippen LogP contribution in [0.1, 0.15) is 38.3 Å². The molecule has 1 atom stereocenters. The van der Waals surface area contributed by atoms with E-state index in [2.05, 4.69) is 5.32 Å². The van der Waals surface area contributed by atoms with E-state index >= 15 is 0 Å². The number of rotatable bonds is 12. The second-order valence-corrected chi connectivity index (χ2v) is 8.86. The zero-order chi connectivity index (χ0) is 24.4. The van der Waals surface area contributed by atoms with Gasteiger partial charge in [-0.3, -0.25) is 19.7 Å². The number of carbonyl (C=O) groups excluding carboxylic acids is 2. The number of hydrogen-bond donors (Lipinski definition) is 1. The first-order valence-electron chi connectivity index (χ1n) is 10.8. The largest absolute Gasteiger partial charge is 0.497 e. The van der Waals surface area contributed by atoms with Crippen LogP contribution in [0.4, 0.5) is 5.69 Å². The van der Waals surface area contributed by atoms with Crippen LogP contribution in [0, 0.1) is 10.1 Å². The van der Waals surface area contributed by atoms with Crippen LogP contribution in [-0.2, 0) is 21.9 Å². The smallest absolute Gasteiger partial charge is 0.269 e. The Morgan fingerprint density at radius 3 is 2.21 bits per heavy atom. The normalized spacial score (nSPS) is 11.7. The highest BCUT2D eigenvalue weighted by Crippen LogP contribution is 2.20. The molecule has 178 valence electrons. The van der Waals surface area contributed by atoms with Gasteiger partial charge in [0.1, 0.15) is 11.8 Å². The highest BCUT2D eigenvalue weighted by atomic mass is 32.2. The summed E-state index contributed by atoms with van der Waals surface area (Å²) >= 11 is 1.41. The molecule has 0 aliphatic heterocycles. The van der Waals surface area contributed by atoms with Gasteiger partial charge in [0, 0.05) is 30.5 Å². The molecule has 33 heavy (non-hydrogen) atoms. The summed E-state index contributed by atoms with van der Waals surface area (Å²) in [7, 11) is 1.59. The molecule has 0 fully saturated rings. The van der Waals surface area contributed by atoms with Crippen molar-refractivity contribution in [2.75, 3.05) is 12.9 Å². The molecule has 0 aliphatic carbocycles. The van der Waals surface area contributed by atoms with Crippen molar-refractivity contribution in [1.82, 2.24) is 10.2 Å². The predicted molar refractivity (Wildman–Crippen MR) is 130 cm³/mol. The monoisotopic (exact) mass is 473 g/mol. The average molecular weight is 474 g/mol.